The van der Waals surface area contributed by atoms with E-state index in [1.807, 2.05) is 29.7 Å². The Kier molecular flexibility index (Phi) is 5.55. The number of pyridine rings is 1. The lowest BCUT2D eigenvalue weighted by molar-refractivity contribution is 0.143. The number of fused-ring (bicyclic) bond motifs is 1. The Labute approximate surface area is 165 Å². The highest BCUT2D eigenvalue weighted by molar-refractivity contribution is 5.85. The third-order valence-corrected chi connectivity index (χ3v) is 5.66. The van der Waals surface area contributed by atoms with E-state index < -0.39 is 0 Å². The number of urea groups is 1. The largest absolute Gasteiger partial charge is 0.337 e. The molecule has 6 heteroatoms. The molecule has 1 aliphatic rings. The lowest BCUT2D eigenvalue weighted by Crippen LogP contribution is -2.48. The summed E-state index contributed by atoms with van der Waals surface area (Å²) in [5, 5.41) is 4.25. The Morgan fingerprint density at radius 2 is 2.18 bits per heavy atom. The molecular formula is C22H27N5O. The van der Waals surface area contributed by atoms with Gasteiger partial charge in [0, 0.05) is 49.7 Å². The van der Waals surface area contributed by atoms with Gasteiger partial charge in [0.2, 0.25) is 0 Å². The van der Waals surface area contributed by atoms with Crippen LogP contribution >= 0.6 is 0 Å². The topological polar surface area (TPSA) is 63.1 Å². The standard InChI is InChI=1S/C22H27N5O/c1-17-7-8-18(20-6-4-10-24-21(17)20)15-25-22(28)27-12-3-2-5-19(27)9-13-26-14-11-23-16-26/h4,6-8,10-11,14,16,19H,2-3,5,9,12-13,15H2,1H3,(H,25,28). The molecule has 0 aliphatic carbocycles. The fourth-order valence-corrected chi connectivity index (χ4v) is 4.08. The van der Waals surface area contributed by atoms with Crippen LogP contribution in [0.4, 0.5) is 4.79 Å². The molecule has 1 atom stereocenters. The van der Waals surface area contributed by atoms with Crippen LogP contribution in [0.3, 0.4) is 0 Å². The maximum atomic E-state index is 12.9. The fraction of sp³-hybridized carbons (Fsp3) is 0.409. The van der Waals surface area contributed by atoms with E-state index in [2.05, 4.69) is 45.0 Å². The Hall–Kier alpha value is -2.89. The van der Waals surface area contributed by atoms with Gasteiger partial charge >= 0.3 is 6.03 Å². The van der Waals surface area contributed by atoms with E-state index >= 15 is 0 Å². The molecule has 3 aromatic rings. The number of hydrogen-bond donors (Lipinski definition) is 1. The monoisotopic (exact) mass is 377 g/mol. The minimum absolute atomic E-state index is 0.0351. The summed E-state index contributed by atoms with van der Waals surface area (Å²) in [6.07, 6.45) is 11.7. The summed E-state index contributed by atoms with van der Waals surface area (Å²) >= 11 is 0. The molecule has 0 bridgehead atoms. The Morgan fingerprint density at radius 1 is 1.25 bits per heavy atom. The zero-order valence-corrected chi connectivity index (χ0v) is 16.3. The summed E-state index contributed by atoms with van der Waals surface area (Å²) in [5.74, 6) is 0. The maximum absolute atomic E-state index is 12.9. The molecular weight excluding hydrogens is 350 g/mol. The first-order valence-corrected chi connectivity index (χ1v) is 10.1. The summed E-state index contributed by atoms with van der Waals surface area (Å²) < 4.78 is 2.08. The molecule has 1 N–H and O–H groups in total. The van der Waals surface area contributed by atoms with Crippen LogP contribution in [0, 0.1) is 6.92 Å². The van der Waals surface area contributed by atoms with E-state index in [1.54, 1.807) is 6.20 Å². The van der Waals surface area contributed by atoms with Gasteiger partial charge in [0.05, 0.1) is 11.8 Å². The predicted molar refractivity (Wildman–Crippen MR) is 110 cm³/mol. The highest BCUT2D eigenvalue weighted by Crippen LogP contribution is 2.22. The van der Waals surface area contributed by atoms with Crippen molar-refractivity contribution in [2.24, 2.45) is 0 Å². The normalized spacial score (nSPS) is 17.0. The Balaban J connectivity index is 1.41. The Bertz CT molecular complexity index is 937. The number of aryl methyl sites for hydroxylation is 2. The molecule has 6 nitrogen and oxygen atoms in total. The third-order valence-electron chi connectivity index (χ3n) is 5.66. The number of carbonyl (C=O) groups excluding carboxylic acids is 1. The molecule has 1 aromatic carbocycles. The van der Waals surface area contributed by atoms with Gasteiger partial charge < -0.3 is 14.8 Å². The number of nitrogens with zero attached hydrogens (tertiary/aromatic N) is 4. The van der Waals surface area contributed by atoms with Gasteiger partial charge in [-0.25, -0.2) is 9.78 Å². The molecule has 146 valence electrons. The molecule has 1 aliphatic heterocycles. The third kappa shape index (κ3) is 4.01. The van der Waals surface area contributed by atoms with Crippen LogP contribution in [0.25, 0.3) is 10.9 Å². The van der Waals surface area contributed by atoms with E-state index in [-0.39, 0.29) is 12.1 Å². The average Bonchev–Trinajstić information content (AvgIpc) is 3.26. The summed E-state index contributed by atoms with van der Waals surface area (Å²) in [7, 11) is 0. The second-order valence-corrected chi connectivity index (χ2v) is 7.53. The number of hydrogen-bond acceptors (Lipinski definition) is 3. The lowest BCUT2D eigenvalue weighted by Gasteiger charge is -2.36. The van der Waals surface area contributed by atoms with Gasteiger partial charge in [-0.2, -0.15) is 0 Å². The van der Waals surface area contributed by atoms with Gasteiger partial charge in [0.1, 0.15) is 0 Å². The number of imidazole rings is 1. The van der Waals surface area contributed by atoms with Crippen molar-refractivity contribution >= 4 is 16.9 Å². The molecule has 3 heterocycles. The highest BCUT2D eigenvalue weighted by atomic mass is 16.2. The molecule has 28 heavy (non-hydrogen) atoms. The SMILES string of the molecule is Cc1ccc(CNC(=O)N2CCCCC2CCn2ccnc2)c2cccnc12. The smallest absolute Gasteiger partial charge is 0.317 e. The number of amides is 2. The van der Waals surface area contributed by atoms with E-state index in [4.69, 9.17) is 0 Å². The lowest BCUT2D eigenvalue weighted by atomic mass is 9.99. The van der Waals surface area contributed by atoms with Crippen LogP contribution in [0.2, 0.25) is 0 Å². The van der Waals surface area contributed by atoms with Gasteiger partial charge in [-0.05, 0) is 49.8 Å². The number of rotatable bonds is 5. The summed E-state index contributed by atoms with van der Waals surface area (Å²) in [6.45, 7) is 4.31. The molecule has 0 saturated carbocycles. The second-order valence-electron chi connectivity index (χ2n) is 7.53. The van der Waals surface area contributed by atoms with E-state index in [0.717, 1.165) is 54.4 Å². The Morgan fingerprint density at radius 3 is 3.04 bits per heavy atom. The van der Waals surface area contributed by atoms with Gasteiger partial charge in [-0.1, -0.05) is 18.2 Å². The first-order chi connectivity index (χ1) is 13.7. The number of nitrogens with one attached hydrogen (secondary N) is 1. The summed E-state index contributed by atoms with van der Waals surface area (Å²) in [5.41, 5.74) is 3.26. The van der Waals surface area contributed by atoms with Crippen LogP contribution in [0.5, 0.6) is 0 Å². The summed E-state index contributed by atoms with van der Waals surface area (Å²) in [6, 6.07) is 8.51. The first-order valence-electron chi connectivity index (χ1n) is 10.1. The molecule has 0 spiro atoms. The molecule has 1 unspecified atom stereocenters. The average molecular weight is 377 g/mol. The van der Waals surface area contributed by atoms with Crippen molar-refractivity contribution in [1.29, 1.82) is 0 Å². The number of carbonyl (C=O) groups is 1. The van der Waals surface area contributed by atoms with Gasteiger partial charge in [-0.3, -0.25) is 4.98 Å². The number of likely N-dealkylation sites (tertiary alicyclic amines) is 1. The zero-order chi connectivity index (χ0) is 19.3. The van der Waals surface area contributed by atoms with Crippen LogP contribution < -0.4 is 5.32 Å². The van der Waals surface area contributed by atoms with Crippen molar-refractivity contribution in [3.05, 3.63) is 60.3 Å². The van der Waals surface area contributed by atoms with Gasteiger partial charge in [0.15, 0.2) is 0 Å². The van der Waals surface area contributed by atoms with Crippen molar-refractivity contribution in [3.8, 4) is 0 Å². The van der Waals surface area contributed by atoms with Crippen molar-refractivity contribution in [1.82, 2.24) is 24.8 Å². The molecule has 0 radical (unpaired) electrons. The number of aromatic nitrogens is 3. The van der Waals surface area contributed by atoms with Crippen molar-refractivity contribution in [3.63, 3.8) is 0 Å². The van der Waals surface area contributed by atoms with E-state index in [9.17, 15) is 4.79 Å². The molecule has 4 rings (SSSR count). The molecule has 1 fully saturated rings. The minimum Gasteiger partial charge on any atom is -0.337 e. The molecule has 1 saturated heterocycles. The van der Waals surface area contributed by atoms with Gasteiger partial charge in [0.25, 0.3) is 0 Å². The van der Waals surface area contributed by atoms with Crippen molar-refractivity contribution < 1.29 is 4.79 Å². The highest BCUT2D eigenvalue weighted by Gasteiger charge is 2.26. The van der Waals surface area contributed by atoms with Crippen LogP contribution in [-0.2, 0) is 13.1 Å². The quantitative estimate of drug-likeness (QED) is 0.734. The zero-order valence-electron chi connectivity index (χ0n) is 16.3. The first kappa shape index (κ1) is 18.5. The van der Waals surface area contributed by atoms with Crippen LogP contribution in [-0.4, -0.2) is 38.1 Å². The van der Waals surface area contributed by atoms with E-state index in [1.165, 1.54) is 6.42 Å². The number of piperidine rings is 1. The van der Waals surface area contributed by atoms with Crippen molar-refractivity contribution in [2.45, 2.75) is 51.7 Å². The minimum atomic E-state index is 0.0351. The van der Waals surface area contributed by atoms with Gasteiger partial charge in [-0.15, -0.1) is 0 Å². The fourth-order valence-electron chi connectivity index (χ4n) is 4.08. The van der Waals surface area contributed by atoms with Crippen LogP contribution in [0.1, 0.15) is 36.8 Å². The maximum Gasteiger partial charge on any atom is 0.317 e. The predicted octanol–water partition coefficient (Wildman–Crippen LogP) is 3.89. The summed E-state index contributed by atoms with van der Waals surface area (Å²) in [4.78, 5) is 23.5. The molecule has 2 aromatic heterocycles. The second kappa shape index (κ2) is 8.42. The number of benzene rings is 1. The van der Waals surface area contributed by atoms with Crippen molar-refractivity contribution in [2.75, 3.05) is 6.54 Å². The van der Waals surface area contributed by atoms with Crippen LogP contribution in [0.15, 0.2) is 49.2 Å². The molecule has 2 amide bonds. The van der Waals surface area contributed by atoms with E-state index in [0.29, 0.717) is 6.54 Å².